The van der Waals surface area contributed by atoms with Crippen molar-refractivity contribution in [3.63, 3.8) is 0 Å². The van der Waals surface area contributed by atoms with Gasteiger partial charge in [0.15, 0.2) is 5.69 Å². The lowest BCUT2D eigenvalue weighted by atomic mass is 9.79. The fraction of sp³-hybridized carbons (Fsp3) is 0.750. The quantitative estimate of drug-likeness (QED) is 0.762. The van der Waals surface area contributed by atoms with Crippen molar-refractivity contribution in [1.29, 1.82) is 0 Å². The molecule has 3 rings (SSSR count). The number of aromatic nitrogens is 3. The van der Waals surface area contributed by atoms with Crippen LogP contribution in [0.25, 0.3) is 0 Å². The third-order valence-corrected chi connectivity index (χ3v) is 4.20. The molecule has 0 unspecified atom stereocenters. The van der Waals surface area contributed by atoms with Crippen LogP contribution in [0, 0.1) is 0 Å². The summed E-state index contributed by atoms with van der Waals surface area (Å²) in [5.41, 5.74) is 0.439. The van der Waals surface area contributed by atoms with Gasteiger partial charge >= 0.3 is 0 Å². The highest BCUT2D eigenvalue weighted by Crippen LogP contribution is 2.35. The summed E-state index contributed by atoms with van der Waals surface area (Å²) < 4.78 is 0. The number of amides is 1. The number of rotatable bonds is 1. The van der Waals surface area contributed by atoms with E-state index in [1.54, 1.807) is 0 Å². The third kappa shape index (κ3) is 1.90. The molecule has 18 heavy (non-hydrogen) atoms. The van der Waals surface area contributed by atoms with E-state index < -0.39 is 0 Å². The highest BCUT2D eigenvalue weighted by molar-refractivity contribution is 5.92. The molecule has 1 saturated heterocycles. The lowest BCUT2D eigenvalue weighted by molar-refractivity contribution is 0.0217. The number of piperazine rings is 1. The van der Waals surface area contributed by atoms with Crippen LogP contribution >= 0.6 is 0 Å². The van der Waals surface area contributed by atoms with Crippen molar-refractivity contribution in [2.24, 2.45) is 0 Å². The van der Waals surface area contributed by atoms with Crippen LogP contribution in [0.4, 0.5) is 0 Å². The Hall–Kier alpha value is -1.43. The van der Waals surface area contributed by atoms with Crippen LogP contribution in [0.15, 0.2) is 6.20 Å². The highest BCUT2D eigenvalue weighted by Gasteiger charge is 2.42. The Labute approximate surface area is 106 Å². The smallest absolute Gasteiger partial charge is 0.276 e. The average molecular weight is 249 g/mol. The van der Waals surface area contributed by atoms with Crippen LogP contribution in [0.1, 0.15) is 42.6 Å². The predicted molar refractivity (Wildman–Crippen MR) is 66.1 cm³/mol. The van der Waals surface area contributed by atoms with E-state index in [0.29, 0.717) is 5.69 Å². The van der Waals surface area contributed by atoms with Crippen molar-refractivity contribution >= 4 is 5.91 Å². The molecule has 0 aromatic carbocycles. The second-order valence-electron chi connectivity index (χ2n) is 5.27. The van der Waals surface area contributed by atoms with Gasteiger partial charge in [-0.25, -0.2) is 0 Å². The number of carbonyl (C=O) groups is 1. The first kappa shape index (κ1) is 11.6. The predicted octanol–water partition coefficient (Wildman–Crippen LogP) is 0.553. The normalized spacial score (nSPS) is 23.2. The van der Waals surface area contributed by atoms with Gasteiger partial charge in [0, 0.05) is 19.6 Å². The highest BCUT2D eigenvalue weighted by atomic mass is 16.2. The summed E-state index contributed by atoms with van der Waals surface area (Å²) in [5, 5.41) is 13.6. The fourth-order valence-corrected chi connectivity index (χ4v) is 3.26. The Morgan fingerprint density at radius 1 is 1.33 bits per heavy atom. The molecule has 1 aliphatic heterocycles. The van der Waals surface area contributed by atoms with Crippen LogP contribution in [0.3, 0.4) is 0 Å². The Morgan fingerprint density at radius 2 is 2.17 bits per heavy atom. The van der Waals surface area contributed by atoms with Gasteiger partial charge in [-0.1, -0.05) is 19.3 Å². The standard InChI is InChI=1S/C12H19N5O/c18-11(10-8-14-16-15-10)17-7-6-13-9-12(17)4-2-1-3-5-12/h8,13H,1-7,9H2,(H,14,15,16). The molecule has 6 heteroatoms. The topological polar surface area (TPSA) is 73.9 Å². The van der Waals surface area contributed by atoms with E-state index >= 15 is 0 Å². The van der Waals surface area contributed by atoms with Crippen molar-refractivity contribution in [2.45, 2.75) is 37.6 Å². The van der Waals surface area contributed by atoms with Crippen molar-refractivity contribution < 1.29 is 4.79 Å². The average Bonchev–Trinajstić information content (AvgIpc) is 2.93. The summed E-state index contributed by atoms with van der Waals surface area (Å²) in [6, 6.07) is 0. The molecule has 0 bridgehead atoms. The number of hydrogen-bond acceptors (Lipinski definition) is 4. The van der Waals surface area contributed by atoms with E-state index in [-0.39, 0.29) is 11.4 Å². The second kappa shape index (κ2) is 4.68. The maximum Gasteiger partial charge on any atom is 0.276 e. The number of hydrogen-bond donors (Lipinski definition) is 2. The molecule has 2 fully saturated rings. The van der Waals surface area contributed by atoms with Crippen molar-refractivity contribution in [1.82, 2.24) is 25.6 Å². The molecule has 0 atom stereocenters. The van der Waals surface area contributed by atoms with Gasteiger partial charge in [0.25, 0.3) is 5.91 Å². The molecule has 1 aliphatic carbocycles. The molecular weight excluding hydrogens is 230 g/mol. The van der Waals surface area contributed by atoms with Crippen molar-refractivity contribution in [3.8, 4) is 0 Å². The minimum absolute atomic E-state index is 0.00648. The molecule has 1 saturated carbocycles. The number of nitrogens with one attached hydrogen (secondary N) is 2. The lowest BCUT2D eigenvalue weighted by Gasteiger charge is -2.49. The summed E-state index contributed by atoms with van der Waals surface area (Å²) in [6.07, 6.45) is 7.43. The van der Waals surface area contributed by atoms with Gasteiger partial charge in [-0.05, 0) is 12.8 Å². The Bertz CT molecular complexity index is 402. The van der Waals surface area contributed by atoms with E-state index in [1.807, 2.05) is 4.90 Å². The zero-order chi connectivity index (χ0) is 12.4. The number of carbonyl (C=O) groups excluding carboxylic acids is 1. The molecule has 1 aromatic rings. The molecular formula is C12H19N5O. The van der Waals surface area contributed by atoms with Crippen molar-refractivity contribution in [2.75, 3.05) is 19.6 Å². The van der Waals surface area contributed by atoms with Gasteiger partial charge in [-0.15, -0.1) is 0 Å². The van der Waals surface area contributed by atoms with Crippen LogP contribution < -0.4 is 5.32 Å². The molecule has 1 aromatic heterocycles. The largest absolute Gasteiger partial charge is 0.329 e. The monoisotopic (exact) mass is 249 g/mol. The summed E-state index contributed by atoms with van der Waals surface area (Å²) in [4.78, 5) is 14.5. The first-order valence-electron chi connectivity index (χ1n) is 6.70. The van der Waals surface area contributed by atoms with E-state index in [9.17, 15) is 4.79 Å². The van der Waals surface area contributed by atoms with Gasteiger partial charge < -0.3 is 10.2 Å². The molecule has 6 nitrogen and oxygen atoms in total. The van der Waals surface area contributed by atoms with Gasteiger partial charge in [-0.3, -0.25) is 4.79 Å². The lowest BCUT2D eigenvalue weighted by Crippen LogP contribution is -2.63. The molecule has 2 heterocycles. The summed E-state index contributed by atoms with van der Waals surface area (Å²) in [7, 11) is 0. The van der Waals surface area contributed by atoms with Gasteiger partial charge in [0.05, 0.1) is 11.7 Å². The maximum absolute atomic E-state index is 12.5. The summed E-state index contributed by atoms with van der Waals surface area (Å²) >= 11 is 0. The van der Waals surface area contributed by atoms with Crippen molar-refractivity contribution in [3.05, 3.63) is 11.9 Å². The summed E-state index contributed by atoms with van der Waals surface area (Å²) in [5.74, 6) is 0.0205. The molecule has 0 radical (unpaired) electrons. The minimum Gasteiger partial charge on any atom is -0.329 e. The van der Waals surface area contributed by atoms with Gasteiger partial charge in [0.2, 0.25) is 0 Å². The van der Waals surface area contributed by atoms with E-state index in [4.69, 9.17) is 0 Å². The zero-order valence-electron chi connectivity index (χ0n) is 10.5. The third-order valence-electron chi connectivity index (χ3n) is 4.20. The van der Waals surface area contributed by atoms with E-state index in [1.165, 1.54) is 25.5 Å². The fourth-order valence-electron chi connectivity index (χ4n) is 3.26. The summed E-state index contributed by atoms with van der Waals surface area (Å²) in [6.45, 7) is 2.55. The molecule has 1 spiro atoms. The molecule has 98 valence electrons. The maximum atomic E-state index is 12.5. The molecule has 2 aliphatic rings. The zero-order valence-corrected chi connectivity index (χ0v) is 10.5. The SMILES string of the molecule is O=C(c1cn[nH]n1)N1CCNCC12CCCCC2. The van der Waals surface area contributed by atoms with E-state index in [0.717, 1.165) is 32.5 Å². The second-order valence-corrected chi connectivity index (χ2v) is 5.27. The van der Waals surface area contributed by atoms with Crippen LogP contribution in [-0.4, -0.2) is 51.4 Å². The van der Waals surface area contributed by atoms with Crippen LogP contribution in [0.5, 0.6) is 0 Å². The minimum atomic E-state index is 0.00648. The number of H-pyrrole nitrogens is 1. The van der Waals surface area contributed by atoms with Crippen LogP contribution in [0.2, 0.25) is 0 Å². The Kier molecular flexibility index (Phi) is 3.03. The Balaban J connectivity index is 1.85. The van der Waals surface area contributed by atoms with Gasteiger partial charge in [-0.2, -0.15) is 15.4 Å². The number of nitrogens with zero attached hydrogens (tertiary/aromatic N) is 3. The first-order valence-corrected chi connectivity index (χ1v) is 6.70. The Morgan fingerprint density at radius 3 is 2.89 bits per heavy atom. The molecule has 2 N–H and O–H groups in total. The first-order chi connectivity index (χ1) is 8.82. The van der Waals surface area contributed by atoms with Gasteiger partial charge in [0.1, 0.15) is 0 Å². The van der Waals surface area contributed by atoms with E-state index in [2.05, 4.69) is 20.7 Å². The van der Waals surface area contributed by atoms with Crippen LogP contribution in [-0.2, 0) is 0 Å². The number of aromatic amines is 1. The molecule has 1 amide bonds.